The Bertz CT molecular complexity index is 916. The van der Waals surface area contributed by atoms with Gasteiger partial charge in [0.15, 0.2) is 11.0 Å². The minimum absolute atomic E-state index is 0.0921. The summed E-state index contributed by atoms with van der Waals surface area (Å²) < 4.78 is 7.19. The zero-order chi connectivity index (χ0) is 19.9. The Labute approximate surface area is 173 Å². The smallest absolute Gasteiger partial charge is 0.237 e. The number of carbonyl (C=O) groups excluding carboxylic acids is 1. The second kappa shape index (κ2) is 9.73. The van der Waals surface area contributed by atoms with Gasteiger partial charge in [0.25, 0.3) is 0 Å². The maximum absolute atomic E-state index is 12.5. The summed E-state index contributed by atoms with van der Waals surface area (Å²) in [5.74, 6) is 0.623. The number of nitrogens with one attached hydrogen (secondary N) is 1. The minimum atomic E-state index is -0.344. The number of ether oxygens (including phenoxy) is 1. The molecule has 0 saturated heterocycles. The molecular formula is C20H21ClN4O2S. The van der Waals surface area contributed by atoms with E-state index in [0.717, 1.165) is 11.3 Å². The number of hydrogen-bond acceptors (Lipinski definition) is 5. The first-order chi connectivity index (χ1) is 13.6. The van der Waals surface area contributed by atoms with E-state index in [2.05, 4.69) is 15.5 Å². The molecule has 0 radical (unpaired) electrons. The standard InChI is InChI=1S/C20H21ClN4O2S/c1-14(19(26)22-17-6-4-3-5-7-17)28-20-24-23-18(25(20)12-13-27-2)15-8-10-16(21)11-9-15/h3-11,14H,12-13H2,1-2H3,(H,22,26)/t14-/m0/s1. The number of hydrogen-bond donors (Lipinski definition) is 1. The van der Waals surface area contributed by atoms with Gasteiger partial charge < -0.3 is 10.1 Å². The molecular weight excluding hydrogens is 396 g/mol. The van der Waals surface area contributed by atoms with Gasteiger partial charge in [-0.2, -0.15) is 0 Å². The Morgan fingerprint density at radius 2 is 1.89 bits per heavy atom. The maximum Gasteiger partial charge on any atom is 0.237 e. The molecule has 3 rings (SSSR count). The molecule has 3 aromatic rings. The van der Waals surface area contributed by atoms with E-state index < -0.39 is 0 Å². The first-order valence-corrected chi connectivity index (χ1v) is 10.0. The second-order valence-electron chi connectivity index (χ2n) is 6.07. The van der Waals surface area contributed by atoms with Gasteiger partial charge in [-0.05, 0) is 43.3 Å². The van der Waals surface area contributed by atoms with Crippen molar-refractivity contribution in [3.8, 4) is 11.4 Å². The van der Waals surface area contributed by atoms with Crippen molar-refractivity contribution in [2.45, 2.75) is 23.9 Å². The van der Waals surface area contributed by atoms with Crippen LogP contribution < -0.4 is 5.32 Å². The highest BCUT2D eigenvalue weighted by molar-refractivity contribution is 8.00. The third kappa shape index (κ3) is 5.13. The molecule has 0 fully saturated rings. The topological polar surface area (TPSA) is 69.0 Å². The van der Waals surface area contributed by atoms with Gasteiger partial charge in [-0.1, -0.05) is 41.6 Å². The molecule has 146 valence electrons. The molecule has 0 aliphatic heterocycles. The van der Waals surface area contributed by atoms with E-state index in [4.69, 9.17) is 16.3 Å². The van der Waals surface area contributed by atoms with Gasteiger partial charge in [-0.15, -0.1) is 10.2 Å². The zero-order valence-electron chi connectivity index (χ0n) is 15.6. The van der Waals surface area contributed by atoms with Gasteiger partial charge in [-0.25, -0.2) is 0 Å². The molecule has 0 unspecified atom stereocenters. The van der Waals surface area contributed by atoms with Crippen LogP contribution in [0.3, 0.4) is 0 Å². The lowest BCUT2D eigenvalue weighted by atomic mass is 10.2. The molecule has 0 aliphatic rings. The van der Waals surface area contributed by atoms with Gasteiger partial charge in [0.2, 0.25) is 5.91 Å². The lowest BCUT2D eigenvalue weighted by Crippen LogP contribution is -2.23. The Morgan fingerprint density at radius 1 is 1.18 bits per heavy atom. The van der Waals surface area contributed by atoms with Crippen LogP contribution in [0.25, 0.3) is 11.4 Å². The number of thioether (sulfide) groups is 1. The number of nitrogens with zero attached hydrogens (tertiary/aromatic N) is 3. The number of aromatic nitrogens is 3. The predicted octanol–water partition coefficient (Wildman–Crippen LogP) is 4.36. The van der Waals surface area contributed by atoms with Crippen molar-refractivity contribution in [2.75, 3.05) is 19.0 Å². The van der Waals surface area contributed by atoms with Crippen molar-refractivity contribution in [3.63, 3.8) is 0 Å². The van der Waals surface area contributed by atoms with E-state index >= 15 is 0 Å². The second-order valence-corrected chi connectivity index (χ2v) is 7.82. The van der Waals surface area contributed by atoms with Gasteiger partial charge >= 0.3 is 0 Å². The number of halogens is 1. The maximum atomic E-state index is 12.5. The van der Waals surface area contributed by atoms with E-state index in [0.29, 0.717) is 29.2 Å². The molecule has 1 N–H and O–H groups in total. The van der Waals surface area contributed by atoms with E-state index in [1.165, 1.54) is 11.8 Å². The first-order valence-electron chi connectivity index (χ1n) is 8.79. The van der Waals surface area contributed by atoms with Crippen LogP contribution in [0.15, 0.2) is 59.8 Å². The molecule has 6 nitrogen and oxygen atoms in total. The lowest BCUT2D eigenvalue weighted by molar-refractivity contribution is -0.115. The normalized spacial score (nSPS) is 12.0. The summed E-state index contributed by atoms with van der Waals surface area (Å²) in [4.78, 5) is 12.5. The highest BCUT2D eigenvalue weighted by Crippen LogP contribution is 2.28. The van der Waals surface area contributed by atoms with Gasteiger partial charge in [0.05, 0.1) is 18.4 Å². The van der Waals surface area contributed by atoms with Crippen molar-refractivity contribution in [2.24, 2.45) is 0 Å². The van der Waals surface area contributed by atoms with E-state index in [1.54, 1.807) is 7.11 Å². The Balaban J connectivity index is 1.78. The fourth-order valence-corrected chi connectivity index (χ4v) is 3.55. The SMILES string of the molecule is COCCn1c(S[C@@H](C)C(=O)Nc2ccccc2)nnc1-c1ccc(Cl)cc1. The Hall–Kier alpha value is -2.35. The van der Waals surface area contributed by atoms with Crippen molar-refractivity contribution in [3.05, 3.63) is 59.6 Å². The van der Waals surface area contributed by atoms with Crippen molar-refractivity contribution < 1.29 is 9.53 Å². The number of para-hydroxylation sites is 1. The van der Waals surface area contributed by atoms with Crippen molar-refractivity contribution in [1.29, 1.82) is 0 Å². The number of methoxy groups -OCH3 is 1. The summed E-state index contributed by atoms with van der Waals surface area (Å²) in [6.07, 6.45) is 0. The fourth-order valence-electron chi connectivity index (χ4n) is 2.55. The summed E-state index contributed by atoms with van der Waals surface area (Å²) >= 11 is 7.35. The first kappa shape index (κ1) is 20.4. The lowest BCUT2D eigenvalue weighted by Gasteiger charge is -2.13. The van der Waals surface area contributed by atoms with Crippen LogP contribution in [0.4, 0.5) is 5.69 Å². The molecule has 1 amide bonds. The zero-order valence-corrected chi connectivity index (χ0v) is 17.2. The highest BCUT2D eigenvalue weighted by Gasteiger charge is 2.21. The molecule has 0 spiro atoms. The highest BCUT2D eigenvalue weighted by atomic mass is 35.5. The third-order valence-corrected chi connectivity index (χ3v) is 5.36. The summed E-state index contributed by atoms with van der Waals surface area (Å²) in [5.41, 5.74) is 1.67. The molecule has 1 heterocycles. The number of benzene rings is 2. The molecule has 8 heteroatoms. The van der Waals surface area contributed by atoms with E-state index in [-0.39, 0.29) is 11.2 Å². The quantitative estimate of drug-likeness (QED) is 0.552. The van der Waals surface area contributed by atoms with Crippen molar-refractivity contribution >= 4 is 35.0 Å². The Kier molecular flexibility index (Phi) is 7.08. The van der Waals surface area contributed by atoms with Gasteiger partial charge in [-0.3, -0.25) is 9.36 Å². The summed E-state index contributed by atoms with van der Waals surface area (Å²) in [7, 11) is 1.65. The average molecular weight is 417 g/mol. The molecule has 0 aliphatic carbocycles. The number of amides is 1. The molecule has 2 aromatic carbocycles. The monoisotopic (exact) mass is 416 g/mol. The van der Waals surface area contributed by atoms with Crippen LogP contribution in [-0.4, -0.2) is 39.6 Å². The van der Waals surface area contributed by atoms with Crippen LogP contribution in [0.1, 0.15) is 6.92 Å². The van der Waals surface area contributed by atoms with Crippen LogP contribution in [0, 0.1) is 0 Å². The molecule has 28 heavy (non-hydrogen) atoms. The van der Waals surface area contributed by atoms with Crippen molar-refractivity contribution in [1.82, 2.24) is 14.8 Å². The Morgan fingerprint density at radius 3 is 2.57 bits per heavy atom. The van der Waals surface area contributed by atoms with Crippen LogP contribution in [0.5, 0.6) is 0 Å². The third-order valence-electron chi connectivity index (χ3n) is 4.03. The van der Waals surface area contributed by atoms with Crippen LogP contribution in [-0.2, 0) is 16.1 Å². The van der Waals surface area contributed by atoms with Gasteiger partial charge in [0, 0.05) is 23.4 Å². The predicted molar refractivity (Wildman–Crippen MR) is 113 cm³/mol. The number of carbonyl (C=O) groups is 1. The molecule has 0 bridgehead atoms. The van der Waals surface area contributed by atoms with Crippen LogP contribution >= 0.6 is 23.4 Å². The summed E-state index contributed by atoms with van der Waals surface area (Å²) in [6, 6.07) is 16.8. The van der Waals surface area contributed by atoms with Gasteiger partial charge in [0.1, 0.15) is 0 Å². The number of anilines is 1. The molecule has 1 atom stereocenters. The average Bonchev–Trinajstić information content (AvgIpc) is 3.10. The fraction of sp³-hybridized carbons (Fsp3) is 0.250. The minimum Gasteiger partial charge on any atom is -0.383 e. The summed E-state index contributed by atoms with van der Waals surface area (Å²) in [5, 5.41) is 12.5. The largest absolute Gasteiger partial charge is 0.383 e. The van der Waals surface area contributed by atoms with E-state index in [1.807, 2.05) is 66.1 Å². The van der Waals surface area contributed by atoms with Crippen LogP contribution in [0.2, 0.25) is 5.02 Å². The van der Waals surface area contributed by atoms with E-state index in [9.17, 15) is 4.79 Å². The summed E-state index contributed by atoms with van der Waals surface area (Å²) in [6.45, 7) is 2.94. The molecule has 0 saturated carbocycles. The molecule has 1 aromatic heterocycles. The number of rotatable bonds is 8.